The van der Waals surface area contributed by atoms with Gasteiger partial charge in [0.05, 0.1) is 46.2 Å². The zero-order valence-electron chi connectivity index (χ0n) is 36.0. The van der Waals surface area contributed by atoms with Crippen LogP contribution in [-0.2, 0) is 39.9 Å². The summed E-state index contributed by atoms with van der Waals surface area (Å²) in [6, 6.07) is 3.34. The van der Waals surface area contributed by atoms with E-state index in [0.717, 1.165) is 48.8 Å². The number of hydrogen-bond acceptors (Lipinski definition) is 15. The van der Waals surface area contributed by atoms with Gasteiger partial charge in [0, 0.05) is 115 Å². The lowest BCUT2D eigenvalue weighted by atomic mass is 10.0. The predicted molar refractivity (Wildman–Crippen MR) is 246 cm³/mol. The molecule has 1 N–H and O–H groups in total. The molecule has 0 aliphatic carbocycles. The van der Waals surface area contributed by atoms with Crippen LogP contribution in [0.25, 0.3) is 20.9 Å². The van der Waals surface area contributed by atoms with E-state index in [4.69, 9.17) is 25.3 Å². The van der Waals surface area contributed by atoms with Crippen LogP contribution in [0.3, 0.4) is 0 Å². The highest BCUT2D eigenvalue weighted by atomic mass is 33.1. The Labute approximate surface area is 367 Å². The third-order valence-electron chi connectivity index (χ3n) is 6.85. The second-order valence-electron chi connectivity index (χ2n) is 11.9. The molecule has 0 aliphatic heterocycles. The highest BCUT2D eigenvalue weighted by Gasteiger charge is 2.08. The molecule has 0 saturated heterocycles. The van der Waals surface area contributed by atoms with Crippen LogP contribution in [0.5, 0.6) is 0 Å². The maximum Gasteiger partial charge on any atom is 0.216 e. The number of aromatic nitrogens is 1. The number of hydrogen-bond donors (Lipinski definition) is 1. The van der Waals surface area contributed by atoms with E-state index in [0.29, 0.717) is 108 Å². The van der Waals surface area contributed by atoms with Crippen LogP contribution in [0.2, 0.25) is 0 Å². The second kappa shape index (κ2) is 49.6. The van der Waals surface area contributed by atoms with Gasteiger partial charge >= 0.3 is 0 Å². The first kappa shape index (κ1) is 60.5. The number of azide groups is 2. The van der Waals surface area contributed by atoms with E-state index in [1.54, 1.807) is 33.7 Å². The highest BCUT2D eigenvalue weighted by Crippen LogP contribution is 2.21. The van der Waals surface area contributed by atoms with E-state index in [-0.39, 0.29) is 29.8 Å². The summed E-state index contributed by atoms with van der Waals surface area (Å²) in [6.07, 6.45) is 7.76. The van der Waals surface area contributed by atoms with E-state index < -0.39 is 0 Å². The fraction of sp³-hybridized carbons (Fsp3) is 0.744. The summed E-state index contributed by atoms with van der Waals surface area (Å²) in [5.41, 5.74) is 17.4. The van der Waals surface area contributed by atoms with E-state index in [1.165, 1.54) is 13.1 Å². The number of ketones is 4. The SMILES string of the molecule is CCCC(=O)CCCC(=O)c1ccc(CN=[N+]=[N-])nc1.CCCC(=O)CCOCCOCCOCCN=[N+]=[N-].CCSSCCC(=O)CC.CCSSCCNC(C)=O. The normalized spacial score (nSPS) is 9.86. The number of nitrogens with zero attached hydrogens (tertiary/aromatic N) is 7. The van der Waals surface area contributed by atoms with Crippen molar-refractivity contribution in [3.8, 4) is 0 Å². The van der Waals surface area contributed by atoms with Crippen molar-refractivity contribution in [3.05, 3.63) is 50.5 Å². The number of nitrogens with one attached hydrogen (secondary N) is 1. The summed E-state index contributed by atoms with van der Waals surface area (Å²) >= 11 is 0. The number of amides is 1. The van der Waals surface area contributed by atoms with Gasteiger partial charge in [0.15, 0.2) is 5.78 Å². The van der Waals surface area contributed by atoms with Gasteiger partial charge in [-0.05, 0) is 42.5 Å². The van der Waals surface area contributed by atoms with Gasteiger partial charge in [-0.3, -0.25) is 29.0 Å². The quantitative estimate of drug-likeness (QED) is 0.0169. The second-order valence-corrected chi connectivity index (χ2v) is 17.6. The lowest BCUT2D eigenvalue weighted by Crippen LogP contribution is -2.22. The minimum Gasteiger partial charge on any atom is -0.379 e. The van der Waals surface area contributed by atoms with E-state index in [1.807, 2.05) is 42.4 Å². The van der Waals surface area contributed by atoms with Crippen LogP contribution in [0.4, 0.5) is 0 Å². The average molecular weight is 905 g/mol. The Kier molecular flexibility index (Phi) is 50.8. The summed E-state index contributed by atoms with van der Waals surface area (Å²) < 4.78 is 15.7. The van der Waals surface area contributed by atoms with Crippen LogP contribution < -0.4 is 5.32 Å². The molecule has 20 heteroatoms. The average Bonchev–Trinajstić information content (AvgIpc) is 3.23. The van der Waals surface area contributed by atoms with Crippen molar-refractivity contribution in [2.75, 3.05) is 75.7 Å². The molecule has 0 fully saturated rings. The van der Waals surface area contributed by atoms with Crippen LogP contribution in [0.1, 0.15) is 122 Å². The van der Waals surface area contributed by atoms with Gasteiger partial charge in [0.2, 0.25) is 5.91 Å². The van der Waals surface area contributed by atoms with Crippen LogP contribution >= 0.6 is 43.2 Å². The molecule has 0 aliphatic rings. The Morgan fingerprint density at radius 2 is 1.25 bits per heavy atom. The number of pyridine rings is 1. The topological polar surface area (TPSA) is 235 Å². The molecule has 1 aromatic rings. The highest BCUT2D eigenvalue weighted by molar-refractivity contribution is 8.77. The number of ether oxygens (including phenoxy) is 3. The zero-order chi connectivity index (χ0) is 44.6. The first-order valence-corrected chi connectivity index (χ1v) is 25.0. The molecule has 0 radical (unpaired) electrons. The number of Topliss-reactive ketones (excluding diaryl/α,β-unsaturated/α-hetero) is 4. The zero-order valence-corrected chi connectivity index (χ0v) is 39.3. The molecule has 16 nitrogen and oxygen atoms in total. The smallest absolute Gasteiger partial charge is 0.216 e. The Hall–Kier alpha value is -2.80. The van der Waals surface area contributed by atoms with Gasteiger partial charge in [-0.25, -0.2) is 0 Å². The maximum absolute atomic E-state index is 11.9. The lowest BCUT2D eigenvalue weighted by molar-refractivity contribution is -0.120. The first-order valence-electron chi connectivity index (χ1n) is 20.1. The molecule has 336 valence electrons. The monoisotopic (exact) mass is 904 g/mol. The van der Waals surface area contributed by atoms with E-state index >= 15 is 0 Å². The van der Waals surface area contributed by atoms with Crippen LogP contribution in [-0.4, -0.2) is 110 Å². The third kappa shape index (κ3) is 49.5. The number of rotatable bonds is 34. The van der Waals surface area contributed by atoms with Crippen molar-refractivity contribution in [2.45, 2.75) is 112 Å². The number of carbonyl (C=O) groups is 5. The first-order chi connectivity index (χ1) is 28.6. The number of carbonyl (C=O) groups excluding carboxylic acids is 5. The largest absolute Gasteiger partial charge is 0.379 e. The van der Waals surface area contributed by atoms with Crippen molar-refractivity contribution < 1.29 is 38.2 Å². The summed E-state index contributed by atoms with van der Waals surface area (Å²) in [4.78, 5) is 64.8. The fourth-order valence-corrected chi connectivity index (χ4v) is 7.22. The summed E-state index contributed by atoms with van der Waals surface area (Å²) in [5.74, 6) is 5.11. The summed E-state index contributed by atoms with van der Waals surface area (Å²) in [5, 5.41) is 9.46. The minimum absolute atomic E-state index is 0.0165. The predicted octanol–water partition coefficient (Wildman–Crippen LogP) is 10.0. The van der Waals surface area contributed by atoms with Gasteiger partial charge in [-0.2, -0.15) is 0 Å². The fourth-order valence-electron chi connectivity index (χ4n) is 3.95. The molecule has 1 amide bonds. The van der Waals surface area contributed by atoms with Gasteiger partial charge in [0.1, 0.15) is 17.3 Å². The molecular weight excluding hydrogens is 837 g/mol. The van der Waals surface area contributed by atoms with Crippen molar-refractivity contribution >= 4 is 72.2 Å². The summed E-state index contributed by atoms with van der Waals surface area (Å²) in [7, 11) is 7.24. The molecule has 0 bridgehead atoms. The van der Waals surface area contributed by atoms with Crippen LogP contribution in [0.15, 0.2) is 28.6 Å². The maximum atomic E-state index is 11.9. The van der Waals surface area contributed by atoms with Crippen molar-refractivity contribution in [3.63, 3.8) is 0 Å². The molecule has 0 unspecified atom stereocenters. The van der Waals surface area contributed by atoms with E-state index in [2.05, 4.69) is 44.2 Å². The molecule has 0 atom stereocenters. The molecule has 1 rings (SSSR count). The molecule has 0 spiro atoms. The Bertz CT molecular complexity index is 1320. The van der Waals surface area contributed by atoms with Crippen molar-refractivity contribution in [1.29, 1.82) is 0 Å². The standard InChI is InChI=1S/C14H18N4O2.C12H23N3O4.C7H14OS2.C6H13NOS2/c1-2-4-13(19)5-3-6-14(20)11-7-8-12(16-9-11)10-17-18-15;1-2-3-12(16)4-6-17-8-10-19-11-9-18-7-5-14-15-13;1-3-7(8)5-6-10-9-4-2;1-3-9-10-5-4-7-6(2)8/h7-9H,2-6,10H2,1H3;2-11H2,1H3;3-6H2,1-2H3;3-5H2,1-2H3,(H,7,8). The van der Waals surface area contributed by atoms with E-state index in [9.17, 15) is 24.0 Å². The molecular formula is C39H68N8O8S4. The lowest BCUT2D eigenvalue weighted by Gasteiger charge is -2.06. The van der Waals surface area contributed by atoms with Gasteiger partial charge < -0.3 is 19.5 Å². The van der Waals surface area contributed by atoms with Gasteiger partial charge in [0.25, 0.3) is 0 Å². The Morgan fingerprint density at radius 1 is 0.678 bits per heavy atom. The van der Waals surface area contributed by atoms with Gasteiger partial charge in [-0.15, -0.1) is 0 Å². The Morgan fingerprint density at radius 3 is 1.78 bits per heavy atom. The van der Waals surface area contributed by atoms with Crippen LogP contribution in [0, 0.1) is 0 Å². The minimum atomic E-state index is -0.0165. The summed E-state index contributed by atoms with van der Waals surface area (Å²) in [6.45, 7) is 15.7. The van der Waals surface area contributed by atoms with Crippen molar-refractivity contribution in [2.24, 2.45) is 10.2 Å². The van der Waals surface area contributed by atoms with Gasteiger partial charge in [-0.1, -0.05) is 88.0 Å². The molecule has 0 aromatic carbocycles. The Balaban J connectivity index is -0.000000745. The third-order valence-corrected chi connectivity index (χ3v) is 11.8. The molecule has 0 saturated carbocycles. The molecule has 1 heterocycles. The molecule has 59 heavy (non-hydrogen) atoms. The van der Waals surface area contributed by atoms with Crippen molar-refractivity contribution in [1.82, 2.24) is 10.3 Å². The molecule has 1 aromatic heterocycles.